The summed E-state index contributed by atoms with van der Waals surface area (Å²) in [5, 5.41) is 1.92. The van der Waals surface area contributed by atoms with E-state index in [1.54, 1.807) is 6.07 Å². The molecule has 5 nitrogen and oxygen atoms in total. The molecule has 2 N–H and O–H groups in total. The highest BCUT2D eigenvalue weighted by Gasteiger charge is 2.17. The molecule has 0 aliphatic carbocycles. The van der Waals surface area contributed by atoms with Gasteiger partial charge in [-0.15, -0.1) is 11.3 Å². The number of rotatable bonds is 5. The van der Waals surface area contributed by atoms with E-state index in [0.29, 0.717) is 11.5 Å². The summed E-state index contributed by atoms with van der Waals surface area (Å²) in [7, 11) is 2.98. The molecule has 0 radical (unpaired) electrons. The number of anilines is 1. The first-order chi connectivity index (χ1) is 9.65. The van der Waals surface area contributed by atoms with Crippen LogP contribution in [0.1, 0.15) is 15.2 Å². The Morgan fingerprint density at radius 2 is 2.10 bits per heavy atom. The molecule has 0 saturated carbocycles. The molecule has 20 heavy (non-hydrogen) atoms. The summed E-state index contributed by atoms with van der Waals surface area (Å²) < 4.78 is 15.5. The largest absolute Gasteiger partial charge is 0.497 e. The summed E-state index contributed by atoms with van der Waals surface area (Å²) in [4.78, 5) is 13.1. The number of thiophene rings is 1. The molecule has 2 rings (SSSR count). The van der Waals surface area contributed by atoms with Crippen LogP contribution in [0.4, 0.5) is 5.69 Å². The second-order valence-electron chi connectivity index (χ2n) is 3.95. The molecule has 1 aromatic heterocycles. The lowest BCUT2D eigenvalue weighted by molar-refractivity contribution is 0.0477. The Morgan fingerprint density at radius 1 is 1.30 bits per heavy atom. The van der Waals surface area contributed by atoms with Gasteiger partial charge >= 0.3 is 5.97 Å². The highest BCUT2D eigenvalue weighted by Crippen LogP contribution is 2.31. The molecule has 0 aliphatic heterocycles. The molecule has 106 valence electrons. The van der Waals surface area contributed by atoms with Crippen molar-refractivity contribution in [1.29, 1.82) is 0 Å². The number of carbonyl (C=O) groups is 1. The van der Waals surface area contributed by atoms with Crippen LogP contribution in [-0.2, 0) is 11.3 Å². The van der Waals surface area contributed by atoms with Crippen LogP contribution >= 0.6 is 11.3 Å². The van der Waals surface area contributed by atoms with Gasteiger partial charge in [-0.05, 0) is 17.5 Å². The number of nitrogen functional groups attached to an aromatic ring is 1. The minimum atomic E-state index is -0.506. The van der Waals surface area contributed by atoms with Crippen LogP contribution in [0.3, 0.4) is 0 Å². The van der Waals surface area contributed by atoms with Gasteiger partial charge in [-0.3, -0.25) is 0 Å². The van der Waals surface area contributed by atoms with E-state index in [1.165, 1.54) is 31.6 Å². The monoisotopic (exact) mass is 293 g/mol. The third-order valence-corrected chi connectivity index (χ3v) is 3.57. The van der Waals surface area contributed by atoms with Gasteiger partial charge in [0, 0.05) is 10.9 Å². The molecule has 0 fully saturated rings. The molecule has 0 bridgehead atoms. The molecule has 0 amide bonds. The summed E-state index contributed by atoms with van der Waals surface area (Å²) in [6.45, 7) is 0.218. The van der Waals surface area contributed by atoms with E-state index in [4.69, 9.17) is 19.9 Å². The van der Waals surface area contributed by atoms with Crippen LogP contribution in [0.15, 0.2) is 29.6 Å². The SMILES string of the molecule is COc1cc(OC)c(N)c(C(=O)OCc2cccs2)c1. The zero-order chi connectivity index (χ0) is 14.5. The normalized spacial score (nSPS) is 10.1. The van der Waals surface area contributed by atoms with Crippen molar-refractivity contribution in [2.24, 2.45) is 0 Å². The number of esters is 1. The highest BCUT2D eigenvalue weighted by molar-refractivity contribution is 7.09. The van der Waals surface area contributed by atoms with Crippen molar-refractivity contribution in [3.63, 3.8) is 0 Å². The fraction of sp³-hybridized carbons (Fsp3) is 0.214. The lowest BCUT2D eigenvalue weighted by Crippen LogP contribution is -2.09. The molecule has 2 aromatic rings. The smallest absolute Gasteiger partial charge is 0.340 e. The summed E-state index contributed by atoms with van der Waals surface area (Å²) in [6.07, 6.45) is 0. The number of carbonyl (C=O) groups excluding carboxylic acids is 1. The minimum absolute atomic E-state index is 0.218. The van der Waals surface area contributed by atoms with Crippen LogP contribution in [0, 0.1) is 0 Å². The first-order valence-corrected chi connectivity index (χ1v) is 6.74. The Bertz CT molecular complexity index is 595. The zero-order valence-electron chi connectivity index (χ0n) is 11.2. The Morgan fingerprint density at radius 3 is 2.70 bits per heavy atom. The van der Waals surface area contributed by atoms with Gasteiger partial charge in [0.1, 0.15) is 18.1 Å². The Kier molecular flexibility index (Phi) is 4.47. The lowest BCUT2D eigenvalue weighted by atomic mass is 10.1. The van der Waals surface area contributed by atoms with Crippen LogP contribution in [0.2, 0.25) is 0 Å². The van der Waals surface area contributed by atoms with Crippen molar-refractivity contribution in [1.82, 2.24) is 0 Å². The van der Waals surface area contributed by atoms with Crippen LogP contribution in [0.5, 0.6) is 11.5 Å². The van der Waals surface area contributed by atoms with E-state index in [1.807, 2.05) is 17.5 Å². The molecule has 0 atom stereocenters. The zero-order valence-corrected chi connectivity index (χ0v) is 12.0. The maximum Gasteiger partial charge on any atom is 0.340 e. The van der Waals surface area contributed by atoms with E-state index < -0.39 is 5.97 Å². The molecular formula is C14H15NO4S. The van der Waals surface area contributed by atoms with Gasteiger partial charge in [0.2, 0.25) is 0 Å². The van der Waals surface area contributed by atoms with Gasteiger partial charge in [-0.2, -0.15) is 0 Å². The van der Waals surface area contributed by atoms with Crippen molar-refractivity contribution < 1.29 is 19.0 Å². The molecule has 0 unspecified atom stereocenters. The molecule has 0 aliphatic rings. The average Bonchev–Trinajstić information content (AvgIpc) is 2.98. The highest BCUT2D eigenvalue weighted by atomic mass is 32.1. The van der Waals surface area contributed by atoms with E-state index in [9.17, 15) is 4.79 Å². The second-order valence-corrected chi connectivity index (χ2v) is 4.98. The maximum atomic E-state index is 12.1. The molecule has 6 heteroatoms. The van der Waals surface area contributed by atoms with Crippen molar-refractivity contribution in [2.75, 3.05) is 20.0 Å². The first-order valence-electron chi connectivity index (χ1n) is 5.86. The standard InChI is InChI=1S/C14H15NO4S/c1-17-9-6-11(13(15)12(7-9)18-2)14(16)19-8-10-4-3-5-20-10/h3-7H,8,15H2,1-2H3. The molecule has 1 aromatic carbocycles. The lowest BCUT2D eigenvalue weighted by Gasteiger charge is -2.12. The van der Waals surface area contributed by atoms with Gasteiger partial charge in [-0.1, -0.05) is 6.07 Å². The van der Waals surface area contributed by atoms with E-state index >= 15 is 0 Å². The van der Waals surface area contributed by atoms with Gasteiger partial charge in [0.25, 0.3) is 0 Å². The third kappa shape index (κ3) is 3.03. The molecule has 0 saturated heterocycles. The Labute approximate surface area is 120 Å². The Hall–Kier alpha value is -2.21. The summed E-state index contributed by atoms with van der Waals surface area (Å²) in [5.74, 6) is 0.361. The number of nitrogens with two attached hydrogens (primary N) is 1. The van der Waals surface area contributed by atoms with E-state index in [2.05, 4.69) is 0 Å². The van der Waals surface area contributed by atoms with Crippen LogP contribution < -0.4 is 15.2 Å². The molecular weight excluding hydrogens is 278 g/mol. The number of ether oxygens (including phenoxy) is 3. The number of hydrogen-bond donors (Lipinski definition) is 1. The number of benzene rings is 1. The number of hydrogen-bond acceptors (Lipinski definition) is 6. The number of methoxy groups -OCH3 is 2. The predicted octanol–water partition coefficient (Wildman–Crippen LogP) is 2.70. The average molecular weight is 293 g/mol. The van der Waals surface area contributed by atoms with Crippen molar-refractivity contribution >= 4 is 23.0 Å². The minimum Gasteiger partial charge on any atom is -0.497 e. The van der Waals surface area contributed by atoms with Crippen LogP contribution in [-0.4, -0.2) is 20.2 Å². The van der Waals surface area contributed by atoms with Crippen LogP contribution in [0.25, 0.3) is 0 Å². The van der Waals surface area contributed by atoms with Crippen molar-refractivity contribution in [3.05, 3.63) is 40.1 Å². The van der Waals surface area contributed by atoms with Gasteiger partial charge < -0.3 is 19.9 Å². The van der Waals surface area contributed by atoms with Gasteiger partial charge in [0.15, 0.2) is 0 Å². The molecule has 1 heterocycles. The quantitative estimate of drug-likeness (QED) is 0.678. The van der Waals surface area contributed by atoms with E-state index in [-0.39, 0.29) is 17.9 Å². The summed E-state index contributed by atoms with van der Waals surface area (Å²) in [6, 6.07) is 6.95. The predicted molar refractivity (Wildman–Crippen MR) is 77.4 cm³/mol. The van der Waals surface area contributed by atoms with Gasteiger partial charge in [0.05, 0.1) is 25.5 Å². The summed E-state index contributed by atoms with van der Waals surface area (Å²) in [5.41, 5.74) is 6.36. The fourth-order valence-electron chi connectivity index (χ4n) is 1.67. The Balaban J connectivity index is 2.20. The van der Waals surface area contributed by atoms with Crippen molar-refractivity contribution in [2.45, 2.75) is 6.61 Å². The third-order valence-electron chi connectivity index (χ3n) is 2.72. The molecule has 0 spiro atoms. The van der Waals surface area contributed by atoms with Gasteiger partial charge in [-0.25, -0.2) is 4.79 Å². The topological polar surface area (TPSA) is 70.8 Å². The fourth-order valence-corrected chi connectivity index (χ4v) is 2.28. The second kappa shape index (κ2) is 6.29. The van der Waals surface area contributed by atoms with Crippen molar-refractivity contribution in [3.8, 4) is 11.5 Å². The maximum absolute atomic E-state index is 12.1. The van der Waals surface area contributed by atoms with E-state index in [0.717, 1.165) is 4.88 Å². The summed E-state index contributed by atoms with van der Waals surface area (Å²) >= 11 is 1.52. The first kappa shape index (κ1) is 14.2.